The number of ether oxygens (including phenoxy) is 1. The van der Waals surface area contributed by atoms with Gasteiger partial charge in [0.2, 0.25) is 15.9 Å². The molecule has 0 saturated carbocycles. The number of halogens is 3. The van der Waals surface area contributed by atoms with Gasteiger partial charge < -0.3 is 20.7 Å². The van der Waals surface area contributed by atoms with Gasteiger partial charge in [0, 0.05) is 30.5 Å². The molecule has 1 heterocycles. The minimum Gasteiger partial charge on any atom is -0.427 e. The topological polar surface area (TPSA) is 134 Å². The van der Waals surface area contributed by atoms with Crippen LogP contribution in [0.15, 0.2) is 77.7 Å². The second-order valence-electron chi connectivity index (χ2n) is 9.06. The second-order valence-corrected chi connectivity index (χ2v) is 11.0. The van der Waals surface area contributed by atoms with Crippen molar-refractivity contribution in [3.8, 4) is 5.75 Å². The van der Waals surface area contributed by atoms with Crippen molar-refractivity contribution in [3.63, 3.8) is 0 Å². The van der Waals surface area contributed by atoms with E-state index in [-0.39, 0.29) is 22.8 Å². The third kappa shape index (κ3) is 7.41. The van der Waals surface area contributed by atoms with Gasteiger partial charge >= 0.3 is 18.2 Å². The van der Waals surface area contributed by atoms with Crippen LogP contribution in [0.25, 0.3) is 0 Å². The molecule has 14 heteroatoms. The van der Waals surface area contributed by atoms with Crippen LogP contribution in [0.5, 0.6) is 5.75 Å². The number of benzene rings is 3. The normalized spacial score (nSPS) is 15.7. The molecule has 1 unspecified atom stereocenters. The van der Waals surface area contributed by atoms with Crippen molar-refractivity contribution in [1.82, 2.24) is 4.31 Å². The van der Waals surface area contributed by atoms with Crippen LogP contribution in [0, 0.1) is 0 Å². The molecule has 0 radical (unpaired) electrons. The minimum atomic E-state index is -4.50. The number of urea groups is 1. The lowest BCUT2D eigenvalue weighted by molar-refractivity contribution is -0.137. The maximum absolute atomic E-state index is 13.3. The average Bonchev–Trinajstić information content (AvgIpc) is 3.41. The molecule has 0 spiro atoms. The number of nitrogens with one attached hydrogen (secondary N) is 3. The van der Waals surface area contributed by atoms with Crippen LogP contribution in [0.3, 0.4) is 0 Å². The molecule has 3 amide bonds. The zero-order chi connectivity index (χ0) is 29.8. The van der Waals surface area contributed by atoms with E-state index in [1.807, 2.05) is 0 Å². The summed E-state index contributed by atoms with van der Waals surface area (Å²) in [5.74, 6) is -0.695. The molecule has 1 fully saturated rings. The number of amides is 3. The van der Waals surface area contributed by atoms with Crippen LogP contribution >= 0.6 is 0 Å². The zero-order valence-corrected chi connectivity index (χ0v) is 22.4. The third-order valence-electron chi connectivity index (χ3n) is 6.08. The number of sulfonamides is 1. The van der Waals surface area contributed by atoms with Crippen LogP contribution in [0.2, 0.25) is 0 Å². The number of hydrogen-bond acceptors (Lipinski definition) is 6. The van der Waals surface area contributed by atoms with E-state index in [1.165, 1.54) is 55.5 Å². The van der Waals surface area contributed by atoms with E-state index in [1.54, 1.807) is 0 Å². The Morgan fingerprint density at radius 1 is 0.829 bits per heavy atom. The highest BCUT2D eigenvalue weighted by atomic mass is 32.2. The van der Waals surface area contributed by atoms with Gasteiger partial charge in [-0.25, -0.2) is 13.2 Å². The first-order chi connectivity index (χ1) is 19.3. The number of carbonyl (C=O) groups is 3. The number of hydrogen-bond donors (Lipinski definition) is 3. The van der Waals surface area contributed by atoms with Crippen molar-refractivity contribution in [2.45, 2.75) is 36.9 Å². The smallest absolute Gasteiger partial charge is 0.416 e. The largest absolute Gasteiger partial charge is 0.427 e. The molecule has 216 valence electrons. The fourth-order valence-electron chi connectivity index (χ4n) is 4.17. The Bertz CT molecular complexity index is 1530. The summed E-state index contributed by atoms with van der Waals surface area (Å²) in [5, 5.41) is 7.56. The van der Waals surface area contributed by atoms with Gasteiger partial charge in [0.05, 0.1) is 10.5 Å². The summed E-state index contributed by atoms with van der Waals surface area (Å²) in [4.78, 5) is 36.2. The van der Waals surface area contributed by atoms with E-state index in [0.717, 1.165) is 28.6 Å². The predicted octanol–water partition coefficient (Wildman–Crippen LogP) is 5.07. The summed E-state index contributed by atoms with van der Waals surface area (Å²) in [5.41, 5.74) is -0.0808. The lowest BCUT2D eigenvalue weighted by Gasteiger charge is -2.23. The van der Waals surface area contributed by atoms with Gasteiger partial charge in [-0.05, 0) is 85.6 Å². The highest BCUT2D eigenvalue weighted by Gasteiger charge is 2.39. The molecule has 1 atom stereocenters. The van der Waals surface area contributed by atoms with Crippen LogP contribution < -0.4 is 20.7 Å². The first-order valence-electron chi connectivity index (χ1n) is 12.3. The number of esters is 1. The molecule has 4 rings (SSSR count). The van der Waals surface area contributed by atoms with Gasteiger partial charge in [0.25, 0.3) is 0 Å². The Morgan fingerprint density at radius 3 is 1.88 bits per heavy atom. The lowest BCUT2D eigenvalue weighted by atomic mass is 10.2. The summed E-state index contributed by atoms with van der Waals surface area (Å²) in [6.07, 6.45) is -3.70. The maximum atomic E-state index is 13.3. The van der Waals surface area contributed by atoms with Crippen molar-refractivity contribution >= 4 is 45.0 Å². The summed E-state index contributed by atoms with van der Waals surface area (Å²) in [6.45, 7) is 1.40. The molecule has 3 N–H and O–H groups in total. The number of carbonyl (C=O) groups excluding carboxylic acids is 3. The number of anilines is 3. The quantitative estimate of drug-likeness (QED) is 0.260. The first-order valence-corrected chi connectivity index (χ1v) is 13.7. The molecular weight excluding hydrogens is 565 g/mol. The molecule has 0 bridgehead atoms. The summed E-state index contributed by atoms with van der Waals surface area (Å²) in [7, 11) is -4.06. The second kappa shape index (κ2) is 12.0. The van der Waals surface area contributed by atoms with Crippen molar-refractivity contribution in [2.75, 3.05) is 22.5 Å². The fourth-order valence-corrected chi connectivity index (χ4v) is 5.83. The Balaban J connectivity index is 1.37. The van der Waals surface area contributed by atoms with E-state index in [4.69, 9.17) is 4.74 Å². The molecule has 0 aromatic heterocycles. The monoisotopic (exact) mass is 590 g/mol. The van der Waals surface area contributed by atoms with Gasteiger partial charge in [-0.3, -0.25) is 9.59 Å². The van der Waals surface area contributed by atoms with Crippen LogP contribution in [0.1, 0.15) is 25.3 Å². The third-order valence-corrected chi connectivity index (χ3v) is 8.00. The van der Waals surface area contributed by atoms with Crippen molar-refractivity contribution < 1.29 is 40.7 Å². The van der Waals surface area contributed by atoms with E-state index < -0.39 is 45.7 Å². The van der Waals surface area contributed by atoms with Crippen LogP contribution in [0.4, 0.5) is 35.0 Å². The SMILES string of the molecule is CC(=O)Oc1ccc(NC(=O)C2CCCN2S(=O)(=O)c2ccc(NC(=O)Nc3ccc(C(F)(F)F)cc3)cc2)cc1. The number of nitrogens with zero attached hydrogens (tertiary/aromatic N) is 1. The molecule has 3 aromatic rings. The van der Waals surface area contributed by atoms with Gasteiger partial charge in [-0.1, -0.05) is 0 Å². The van der Waals surface area contributed by atoms with Crippen molar-refractivity contribution in [3.05, 3.63) is 78.4 Å². The van der Waals surface area contributed by atoms with Crippen molar-refractivity contribution in [2.24, 2.45) is 0 Å². The molecule has 1 saturated heterocycles. The Labute approximate surface area is 233 Å². The minimum absolute atomic E-state index is 0.0865. The fraction of sp³-hybridized carbons (Fsp3) is 0.222. The van der Waals surface area contributed by atoms with Crippen LogP contribution in [-0.2, 0) is 25.8 Å². The molecule has 41 heavy (non-hydrogen) atoms. The van der Waals surface area contributed by atoms with E-state index in [2.05, 4.69) is 16.0 Å². The standard InChI is InChI=1S/C27H25F3N4O6S/c1-17(35)40-22-12-8-19(9-13-22)31-25(36)24-3-2-16-34(24)41(38,39)23-14-10-21(11-15-23)33-26(37)32-20-6-4-18(5-7-20)27(28,29)30/h4-15,24H,2-3,16H2,1H3,(H,31,36)(H2,32,33,37). The summed E-state index contributed by atoms with van der Waals surface area (Å²) >= 11 is 0. The van der Waals surface area contributed by atoms with Gasteiger partial charge in [-0.15, -0.1) is 0 Å². The summed E-state index contributed by atoms with van der Waals surface area (Å²) in [6, 6.07) is 13.5. The van der Waals surface area contributed by atoms with Gasteiger partial charge in [0.15, 0.2) is 0 Å². The van der Waals surface area contributed by atoms with Crippen LogP contribution in [-0.4, -0.2) is 43.2 Å². The van der Waals surface area contributed by atoms with Crippen molar-refractivity contribution in [1.29, 1.82) is 0 Å². The first kappa shape index (κ1) is 29.6. The lowest BCUT2D eigenvalue weighted by Crippen LogP contribution is -2.43. The highest BCUT2D eigenvalue weighted by molar-refractivity contribution is 7.89. The maximum Gasteiger partial charge on any atom is 0.416 e. The van der Waals surface area contributed by atoms with E-state index in [9.17, 15) is 36.0 Å². The molecular formula is C27H25F3N4O6S. The highest BCUT2D eigenvalue weighted by Crippen LogP contribution is 2.30. The van der Waals surface area contributed by atoms with E-state index in [0.29, 0.717) is 24.3 Å². The van der Waals surface area contributed by atoms with E-state index >= 15 is 0 Å². The zero-order valence-electron chi connectivity index (χ0n) is 21.6. The van der Waals surface area contributed by atoms with Gasteiger partial charge in [-0.2, -0.15) is 17.5 Å². The average molecular weight is 591 g/mol. The number of alkyl halides is 3. The Kier molecular flexibility index (Phi) is 8.63. The summed E-state index contributed by atoms with van der Waals surface area (Å²) < 4.78 is 70.9. The van der Waals surface area contributed by atoms with Gasteiger partial charge in [0.1, 0.15) is 11.8 Å². The Morgan fingerprint density at radius 2 is 1.34 bits per heavy atom. The molecule has 10 nitrogen and oxygen atoms in total. The molecule has 0 aliphatic carbocycles. The molecule has 1 aliphatic heterocycles. The predicted molar refractivity (Wildman–Crippen MR) is 144 cm³/mol. The Hall–Kier alpha value is -4.43. The molecule has 3 aromatic carbocycles. The molecule has 1 aliphatic rings. The number of rotatable bonds is 7.